The molecule has 110 valence electrons. The molecule has 2 heterocycles. The van der Waals surface area contributed by atoms with Crippen molar-refractivity contribution in [1.29, 1.82) is 0 Å². The summed E-state index contributed by atoms with van der Waals surface area (Å²) >= 11 is 0. The number of aliphatic hydroxyl groups is 2. The Balaban J connectivity index is 1.74. The number of ether oxygens (including phenoxy) is 4. The third-order valence-corrected chi connectivity index (χ3v) is 3.64. The summed E-state index contributed by atoms with van der Waals surface area (Å²) in [5, 5.41) is 20.1. The van der Waals surface area contributed by atoms with Crippen LogP contribution >= 0.6 is 0 Å². The van der Waals surface area contributed by atoms with Gasteiger partial charge in [0.15, 0.2) is 12.6 Å². The van der Waals surface area contributed by atoms with E-state index in [4.69, 9.17) is 18.9 Å². The Kier molecular flexibility index (Phi) is 4.02. The summed E-state index contributed by atoms with van der Waals surface area (Å²) in [7, 11) is 1.41. The minimum atomic E-state index is -1.14. The van der Waals surface area contributed by atoms with Crippen LogP contribution in [0.4, 0.5) is 0 Å². The zero-order valence-corrected chi connectivity index (χ0v) is 11.1. The topological polar surface area (TPSA) is 77.4 Å². The highest BCUT2D eigenvalue weighted by Crippen LogP contribution is 2.33. The lowest BCUT2D eigenvalue weighted by molar-refractivity contribution is -0.358. The number of methoxy groups -OCH3 is 1. The molecule has 0 aromatic heterocycles. The van der Waals surface area contributed by atoms with Gasteiger partial charge in [0.2, 0.25) is 0 Å². The van der Waals surface area contributed by atoms with Gasteiger partial charge in [-0.05, 0) is 0 Å². The van der Waals surface area contributed by atoms with Gasteiger partial charge in [0.25, 0.3) is 0 Å². The first-order chi connectivity index (χ1) is 9.70. The molecule has 0 aliphatic carbocycles. The Morgan fingerprint density at radius 2 is 1.85 bits per heavy atom. The van der Waals surface area contributed by atoms with Crippen LogP contribution in [-0.2, 0) is 18.9 Å². The first-order valence-electron chi connectivity index (χ1n) is 6.57. The molecule has 2 saturated heterocycles. The van der Waals surface area contributed by atoms with Crippen molar-refractivity contribution in [3.63, 3.8) is 0 Å². The Bertz CT molecular complexity index is 437. The molecule has 1 aromatic carbocycles. The standard InChI is InChI=1S/C14H18O6/c1-17-14-11(16)10(15)12-9(19-14)7-18-13(20-12)8-5-3-2-4-6-8/h2-6,9-16H,7H2,1H3/t9-,10+,11+,12-,13-,14-/m1/s1. The van der Waals surface area contributed by atoms with Gasteiger partial charge in [0.1, 0.15) is 24.4 Å². The molecule has 3 rings (SSSR count). The average Bonchev–Trinajstić information content (AvgIpc) is 2.51. The SMILES string of the molecule is CO[C@@H]1O[C@@H]2CO[C@@H](c3ccccc3)O[C@H]2[C@@H](O)[C@@H]1O. The van der Waals surface area contributed by atoms with Crippen LogP contribution < -0.4 is 0 Å². The maximum Gasteiger partial charge on any atom is 0.186 e. The largest absolute Gasteiger partial charge is 0.387 e. The van der Waals surface area contributed by atoms with Gasteiger partial charge in [0.05, 0.1) is 6.61 Å². The van der Waals surface area contributed by atoms with Gasteiger partial charge in [-0.1, -0.05) is 30.3 Å². The molecule has 2 aliphatic rings. The molecule has 6 atom stereocenters. The molecule has 2 N–H and O–H groups in total. The smallest absolute Gasteiger partial charge is 0.186 e. The Hall–Kier alpha value is -1.02. The quantitative estimate of drug-likeness (QED) is 0.806. The van der Waals surface area contributed by atoms with Crippen LogP contribution in [-0.4, -0.2) is 54.6 Å². The number of aliphatic hydroxyl groups excluding tert-OH is 2. The average molecular weight is 282 g/mol. The summed E-state index contributed by atoms with van der Waals surface area (Å²) < 4.78 is 21.9. The molecule has 2 fully saturated rings. The van der Waals surface area contributed by atoms with Crippen LogP contribution in [0.1, 0.15) is 11.9 Å². The summed E-state index contributed by atoms with van der Waals surface area (Å²) in [5.41, 5.74) is 0.863. The summed E-state index contributed by atoms with van der Waals surface area (Å²) in [6.07, 6.45) is -4.76. The van der Waals surface area contributed by atoms with Crippen LogP contribution in [0, 0.1) is 0 Å². The fourth-order valence-electron chi connectivity index (χ4n) is 2.55. The summed E-state index contributed by atoms with van der Waals surface area (Å²) in [6.45, 7) is 0.272. The third kappa shape index (κ3) is 2.46. The van der Waals surface area contributed by atoms with Crippen molar-refractivity contribution in [2.24, 2.45) is 0 Å². The monoisotopic (exact) mass is 282 g/mol. The van der Waals surface area contributed by atoms with E-state index < -0.39 is 37.0 Å². The van der Waals surface area contributed by atoms with Crippen molar-refractivity contribution in [2.45, 2.75) is 37.0 Å². The fourth-order valence-corrected chi connectivity index (χ4v) is 2.55. The van der Waals surface area contributed by atoms with E-state index in [1.165, 1.54) is 7.11 Å². The van der Waals surface area contributed by atoms with Crippen molar-refractivity contribution >= 4 is 0 Å². The van der Waals surface area contributed by atoms with Crippen LogP contribution in [0.15, 0.2) is 30.3 Å². The van der Waals surface area contributed by atoms with Gasteiger partial charge >= 0.3 is 0 Å². The van der Waals surface area contributed by atoms with Gasteiger partial charge < -0.3 is 29.2 Å². The lowest BCUT2D eigenvalue weighted by Crippen LogP contribution is -2.62. The van der Waals surface area contributed by atoms with E-state index in [0.29, 0.717) is 0 Å². The van der Waals surface area contributed by atoms with E-state index >= 15 is 0 Å². The van der Waals surface area contributed by atoms with E-state index in [0.717, 1.165) is 5.56 Å². The van der Waals surface area contributed by atoms with Gasteiger partial charge in [-0.3, -0.25) is 0 Å². The molecule has 6 nitrogen and oxygen atoms in total. The Morgan fingerprint density at radius 3 is 2.55 bits per heavy atom. The Morgan fingerprint density at radius 1 is 1.10 bits per heavy atom. The molecule has 20 heavy (non-hydrogen) atoms. The number of benzene rings is 1. The van der Waals surface area contributed by atoms with Gasteiger partial charge in [-0.2, -0.15) is 0 Å². The fraction of sp³-hybridized carbons (Fsp3) is 0.571. The highest BCUT2D eigenvalue weighted by molar-refractivity contribution is 5.16. The van der Waals surface area contributed by atoms with Crippen LogP contribution in [0.5, 0.6) is 0 Å². The molecule has 0 saturated carbocycles. The van der Waals surface area contributed by atoms with Crippen molar-refractivity contribution in [1.82, 2.24) is 0 Å². The van der Waals surface area contributed by atoms with Gasteiger partial charge in [-0.15, -0.1) is 0 Å². The van der Waals surface area contributed by atoms with Crippen molar-refractivity contribution in [2.75, 3.05) is 13.7 Å². The molecular formula is C14H18O6. The van der Waals surface area contributed by atoms with Crippen molar-refractivity contribution in [3.05, 3.63) is 35.9 Å². The van der Waals surface area contributed by atoms with E-state index in [2.05, 4.69) is 0 Å². The van der Waals surface area contributed by atoms with E-state index in [1.54, 1.807) is 0 Å². The normalized spacial score (nSPS) is 41.1. The van der Waals surface area contributed by atoms with Crippen molar-refractivity contribution < 1.29 is 29.2 Å². The minimum absolute atomic E-state index is 0.272. The third-order valence-electron chi connectivity index (χ3n) is 3.64. The molecule has 0 amide bonds. The summed E-state index contributed by atoms with van der Waals surface area (Å²) in [5.74, 6) is 0. The van der Waals surface area contributed by atoms with Crippen LogP contribution in [0.3, 0.4) is 0 Å². The lowest BCUT2D eigenvalue weighted by Gasteiger charge is -2.45. The van der Waals surface area contributed by atoms with E-state index in [-0.39, 0.29) is 6.61 Å². The second-order valence-corrected chi connectivity index (χ2v) is 4.94. The van der Waals surface area contributed by atoms with Crippen LogP contribution in [0.25, 0.3) is 0 Å². The molecular weight excluding hydrogens is 264 g/mol. The summed E-state index contributed by atoms with van der Waals surface area (Å²) in [4.78, 5) is 0. The lowest BCUT2D eigenvalue weighted by atomic mass is 9.98. The number of fused-ring (bicyclic) bond motifs is 1. The number of rotatable bonds is 2. The molecule has 0 unspecified atom stereocenters. The maximum atomic E-state index is 10.1. The second kappa shape index (κ2) is 5.77. The molecule has 2 aliphatic heterocycles. The Labute approximate surface area is 116 Å². The highest BCUT2D eigenvalue weighted by Gasteiger charge is 2.48. The first kappa shape index (κ1) is 13.9. The van der Waals surface area contributed by atoms with Gasteiger partial charge in [0, 0.05) is 12.7 Å². The van der Waals surface area contributed by atoms with Crippen molar-refractivity contribution in [3.8, 4) is 0 Å². The molecule has 0 spiro atoms. The molecule has 6 heteroatoms. The van der Waals surface area contributed by atoms with E-state index in [1.807, 2.05) is 30.3 Å². The van der Waals surface area contributed by atoms with Crippen LogP contribution in [0.2, 0.25) is 0 Å². The highest BCUT2D eigenvalue weighted by atomic mass is 16.7. The van der Waals surface area contributed by atoms with E-state index in [9.17, 15) is 10.2 Å². The molecule has 1 aromatic rings. The number of hydrogen-bond donors (Lipinski definition) is 2. The zero-order chi connectivity index (χ0) is 14.1. The zero-order valence-electron chi connectivity index (χ0n) is 11.1. The second-order valence-electron chi connectivity index (χ2n) is 4.94. The number of hydrogen-bond acceptors (Lipinski definition) is 6. The minimum Gasteiger partial charge on any atom is -0.387 e. The van der Waals surface area contributed by atoms with Gasteiger partial charge in [-0.25, -0.2) is 0 Å². The first-order valence-corrected chi connectivity index (χ1v) is 6.57. The summed E-state index contributed by atoms with van der Waals surface area (Å²) in [6, 6.07) is 9.45. The molecule has 0 bridgehead atoms. The molecule has 0 radical (unpaired) electrons. The maximum absolute atomic E-state index is 10.1. The predicted octanol–water partition coefficient (Wildman–Crippen LogP) is 0.194. The predicted molar refractivity (Wildman–Crippen MR) is 67.7 cm³/mol.